The van der Waals surface area contributed by atoms with Crippen molar-refractivity contribution >= 4 is 0 Å². The minimum Gasteiger partial charge on any atom is -0.494 e. The van der Waals surface area contributed by atoms with Gasteiger partial charge in [-0.15, -0.1) is 0 Å². The molecule has 0 aromatic heterocycles. The molecular formula is C18H22O2. The first-order valence-electron chi connectivity index (χ1n) is 7.02. The van der Waals surface area contributed by atoms with Gasteiger partial charge in [0.05, 0.1) is 12.7 Å². The van der Waals surface area contributed by atoms with E-state index in [4.69, 9.17) is 4.74 Å². The Labute approximate surface area is 121 Å². The molecule has 0 saturated heterocycles. The molecule has 0 radical (unpaired) electrons. The molecule has 2 aromatic rings. The molecular weight excluding hydrogens is 248 g/mol. The second kappa shape index (κ2) is 6.10. The fourth-order valence-corrected chi connectivity index (χ4v) is 2.36. The fraction of sp³-hybridized carbons (Fsp3) is 0.333. The van der Waals surface area contributed by atoms with E-state index in [2.05, 4.69) is 26.0 Å². The highest BCUT2D eigenvalue weighted by Crippen LogP contribution is 2.37. The number of hydrogen-bond acceptors (Lipinski definition) is 2. The van der Waals surface area contributed by atoms with Crippen molar-refractivity contribution in [3.63, 3.8) is 0 Å². The van der Waals surface area contributed by atoms with Crippen LogP contribution in [0, 0.1) is 0 Å². The van der Waals surface area contributed by atoms with Gasteiger partial charge in [-0.05, 0) is 30.2 Å². The molecule has 1 unspecified atom stereocenters. The molecule has 2 rings (SSSR count). The van der Waals surface area contributed by atoms with Gasteiger partial charge < -0.3 is 9.84 Å². The van der Waals surface area contributed by atoms with Gasteiger partial charge in [0.15, 0.2) is 0 Å². The van der Waals surface area contributed by atoms with Gasteiger partial charge in [-0.25, -0.2) is 0 Å². The molecule has 2 aromatic carbocycles. The van der Waals surface area contributed by atoms with Gasteiger partial charge in [0.25, 0.3) is 0 Å². The summed E-state index contributed by atoms with van der Waals surface area (Å²) in [4.78, 5) is 0. The van der Waals surface area contributed by atoms with Crippen LogP contribution in [0.15, 0.2) is 54.6 Å². The smallest absolute Gasteiger partial charge is 0.119 e. The first-order valence-corrected chi connectivity index (χ1v) is 7.02. The highest BCUT2D eigenvalue weighted by atomic mass is 16.5. The van der Waals surface area contributed by atoms with Crippen LogP contribution in [-0.4, -0.2) is 11.7 Å². The molecule has 20 heavy (non-hydrogen) atoms. The Bertz CT molecular complexity index is 529. The van der Waals surface area contributed by atoms with Crippen molar-refractivity contribution in [3.05, 3.63) is 65.7 Å². The standard InChI is InChI=1S/C18H22O2/c1-4-20-16-12-10-14(11-13-16)17(19)18(2,3)15-8-6-5-7-9-15/h5-13,17,19H,4H2,1-3H3. The molecule has 0 heterocycles. The van der Waals surface area contributed by atoms with E-state index < -0.39 is 6.10 Å². The molecule has 2 nitrogen and oxygen atoms in total. The van der Waals surface area contributed by atoms with Gasteiger partial charge in [0.1, 0.15) is 5.75 Å². The van der Waals surface area contributed by atoms with Crippen molar-refractivity contribution in [1.29, 1.82) is 0 Å². The third kappa shape index (κ3) is 3.02. The normalized spacial score (nSPS) is 13.0. The molecule has 1 N–H and O–H groups in total. The lowest BCUT2D eigenvalue weighted by molar-refractivity contribution is 0.100. The van der Waals surface area contributed by atoms with Crippen LogP contribution in [0.1, 0.15) is 38.0 Å². The topological polar surface area (TPSA) is 29.5 Å². The van der Waals surface area contributed by atoms with E-state index in [1.165, 1.54) is 0 Å². The lowest BCUT2D eigenvalue weighted by Crippen LogP contribution is -2.26. The number of aliphatic hydroxyl groups is 1. The van der Waals surface area contributed by atoms with Crippen LogP contribution in [0.4, 0.5) is 0 Å². The number of aliphatic hydroxyl groups excluding tert-OH is 1. The zero-order valence-electron chi connectivity index (χ0n) is 12.3. The summed E-state index contributed by atoms with van der Waals surface area (Å²) in [6.45, 7) is 6.73. The van der Waals surface area contributed by atoms with Crippen molar-refractivity contribution in [3.8, 4) is 5.75 Å². The molecule has 0 amide bonds. The van der Waals surface area contributed by atoms with E-state index in [1.807, 2.05) is 49.4 Å². The van der Waals surface area contributed by atoms with Gasteiger partial charge in [-0.2, -0.15) is 0 Å². The summed E-state index contributed by atoms with van der Waals surface area (Å²) < 4.78 is 5.43. The van der Waals surface area contributed by atoms with Crippen LogP contribution >= 0.6 is 0 Å². The van der Waals surface area contributed by atoms with Crippen molar-refractivity contribution in [2.75, 3.05) is 6.61 Å². The molecule has 106 valence electrons. The minimum absolute atomic E-state index is 0.339. The minimum atomic E-state index is -0.555. The maximum atomic E-state index is 10.7. The molecule has 1 atom stereocenters. The van der Waals surface area contributed by atoms with Crippen LogP contribution in [0.3, 0.4) is 0 Å². The number of benzene rings is 2. The zero-order valence-corrected chi connectivity index (χ0v) is 12.3. The molecule has 2 heteroatoms. The first-order chi connectivity index (χ1) is 9.55. The third-order valence-electron chi connectivity index (χ3n) is 3.71. The quantitative estimate of drug-likeness (QED) is 0.886. The maximum Gasteiger partial charge on any atom is 0.119 e. The second-order valence-corrected chi connectivity index (χ2v) is 5.49. The van der Waals surface area contributed by atoms with Crippen molar-refractivity contribution in [2.24, 2.45) is 0 Å². The molecule has 0 spiro atoms. The third-order valence-corrected chi connectivity index (χ3v) is 3.71. The Morgan fingerprint density at radius 3 is 2.15 bits per heavy atom. The Hall–Kier alpha value is -1.80. The maximum absolute atomic E-state index is 10.7. The zero-order chi connectivity index (χ0) is 14.6. The average Bonchev–Trinajstić information content (AvgIpc) is 2.48. The molecule has 0 aliphatic heterocycles. The molecule has 0 aliphatic rings. The van der Waals surface area contributed by atoms with Gasteiger partial charge >= 0.3 is 0 Å². The van der Waals surface area contributed by atoms with Crippen molar-refractivity contribution in [2.45, 2.75) is 32.3 Å². The van der Waals surface area contributed by atoms with Crippen LogP contribution in [-0.2, 0) is 5.41 Å². The van der Waals surface area contributed by atoms with E-state index in [1.54, 1.807) is 0 Å². The number of ether oxygens (including phenoxy) is 1. The van der Waals surface area contributed by atoms with Crippen LogP contribution in [0.2, 0.25) is 0 Å². The van der Waals surface area contributed by atoms with Gasteiger partial charge in [-0.1, -0.05) is 56.3 Å². The Kier molecular flexibility index (Phi) is 4.46. The predicted octanol–water partition coefficient (Wildman–Crippen LogP) is 4.10. The molecule has 0 fully saturated rings. The predicted molar refractivity (Wildman–Crippen MR) is 82.0 cm³/mol. The van der Waals surface area contributed by atoms with E-state index >= 15 is 0 Å². The molecule has 0 aliphatic carbocycles. The number of hydrogen-bond donors (Lipinski definition) is 1. The van der Waals surface area contributed by atoms with Gasteiger partial charge in [0.2, 0.25) is 0 Å². The monoisotopic (exact) mass is 270 g/mol. The first kappa shape index (κ1) is 14.6. The molecule has 0 bridgehead atoms. The fourth-order valence-electron chi connectivity index (χ4n) is 2.36. The van der Waals surface area contributed by atoms with Crippen molar-refractivity contribution < 1.29 is 9.84 Å². The summed E-state index contributed by atoms with van der Waals surface area (Å²) in [5.74, 6) is 0.834. The average molecular weight is 270 g/mol. The largest absolute Gasteiger partial charge is 0.494 e. The Morgan fingerprint density at radius 2 is 1.60 bits per heavy atom. The summed E-state index contributed by atoms with van der Waals surface area (Å²) in [6, 6.07) is 17.8. The SMILES string of the molecule is CCOc1ccc(C(O)C(C)(C)c2ccccc2)cc1. The summed E-state index contributed by atoms with van der Waals surface area (Å²) in [6.07, 6.45) is -0.555. The number of rotatable bonds is 5. The highest BCUT2D eigenvalue weighted by molar-refractivity contribution is 5.33. The lowest BCUT2D eigenvalue weighted by Gasteiger charge is -2.31. The summed E-state index contributed by atoms with van der Waals surface area (Å²) >= 11 is 0. The Morgan fingerprint density at radius 1 is 1.00 bits per heavy atom. The van der Waals surface area contributed by atoms with Crippen LogP contribution in [0.5, 0.6) is 5.75 Å². The van der Waals surface area contributed by atoms with E-state index in [0.29, 0.717) is 6.61 Å². The second-order valence-electron chi connectivity index (χ2n) is 5.49. The van der Waals surface area contributed by atoms with Crippen LogP contribution in [0.25, 0.3) is 0 Å². The van der Waals surface area contributed by atoms with Crippen molar-refractivity contribution in [1.82, 2.24) is 0 Å². The lowest BCUT2D eigenvalue weighted by atomic mass is 9.77. The summed E-state index contributed by atoms with van der Waals surface area (Å²) in [5, 5.41) is 10.7. The summed E-state index contributed by atoms with van der Waals surface area (Å²) in [5.41, 5.74) is 1.69. The van der Waals surface area contributed by atoms with E-state index in [-0.39, 0.29) is 5.41 Å². The van der Waals surface area contributed by atoms with Gasteiger partial charge in [0, 0.05) is 5.41 Å². The van der Waals surface area contributed by atoms with Gasteiger partial charge in [-0.3, -0.25) is 0 Å². The van der Waals surface area contributed by atoms with E-state index in [0.717, 1.165) is 16.9 Å². The Balaban J connectivity index is 2.23. The van der Waals surface area contributed by atoms with E-state index in [9.17, 15) is 5.11 Å². The van der Waals surface area contributed by atoms with Crippen LogP contribution < -0.4 is 4.74 Å². The summed E-state index contributed by atoms with van der Waals surface area (Å²) in [7, 11) is 0. The highest BCUT2D eigenvalue weighted by Gasteiger charge is 2.30. The molecule has 0 saturated carbocycles.